The normalized spacial score (nSPS) is 17.0. The highest BCUT2D eigenvalue weighted by Crippen LogP contribution is 2.32. The number of aliphatic hydroxyl groups is 1. The van der Waals surface area contributed by atoms with Crippen LogP contribution in [0.15, 0.2) is 24.3 Å². The molecule has 1 N–H and O–H groups in total. The van der Waals surface area contributed by atoms with Crippen LogP contribution in [0.4, 0.5) is 5.82 Å². The molecule has 1 aliphatic rings. The molecule has 1 aliphatic heterocycles. The second-order valence-electron chi connectivity index (χ2n) is 3.96. The second-order valence-corrected chi connectivity index (χ2v) is 4.76. The number of fused-ring (bicyclic) bond motifs is 1. The Morgan fingerprint density at radius 2 is 2.20 bits per heavy atom. The molecule has 0 amide bonds. The molecular formula is C11H12N2OS. The summed E-state index contributed by atoms with van der Waals surface area (Å²) in [5.74, 6) is 1.52. The standard InChI is InChI=1S/C11H12N2OS/c14-7-8-5-13(6-8)11-9-3-1-2-4-10(9)15-12-11/h1-4,8,14H,5-7H2. The fraction of sp³-hybridized carbons (Fsp3) is 0.364. The molecule has 0 saturated carbocycles. The Bertz CT molecular complexity index is 476. The SMILES string of the molecule is OCC1CN(c2nsc3ccccc23)C1. The first-order valence-electron chi connectivity index (χ1n) is 5.08. The molecule has 15 heavy (non-hydrogen) atoms. The average Bonchev–Trinajstić information content (AvgIpc) is 2.61. The average molecular weight is 220 g/mol. The van der Waals surface area contributed by atoms with Crippen LogP contribution in [0.1, 0.15) is 0 Å². The van der Waals surface area contributed by atoms with E-state index in [1.54, 1.807) is 11.5 Å². The van der Waals surface area contributed by atoms with Gasteiger partial charge in [-0.15, -0.1) is 0 Å². The van der Waals surface area contributed by atoms with Gasteiger partial charge in [0.25, 0.3) is 0 Å². The highest BCUT2D eigenvalue weighted by Gasteiger charge is 2.28. The lowest BCUT2D eigenvalue weighted by Gasteiger charge is -2.38. The van der Waals surface area contributed by atoms with Gasteiger partial charge in [-0.1, -0.05) is 12.1 Å². The molecule has 0 aliphatic carbocycles. The molecule has 78 valence electrons. The molecular weight excluding hydrogens is 208 g/mol. The minimum absolute atomic E-state index is 0.290. The van der Waals surface area contributed by atoms with Crippen molar-refractivity contribution in [2.75, 3.05) is 24.6 Å². The van der Waals surface area contributed by atoms with E-state index in [4.69, 9.17) is 5.11 Å². The van der Waals surface area contributed by atoms with Gasteiger partial charge in [-0.2, -0.15) is 4.37 Å². The van der Waals surface area contributed by atoms with E-state index in [1.165, 1.54) is 10.1 Å². The van der Waals surface area contributed by atoms with Crippen LogP contribution in [-0.4, -0.2) is 29.2 Å². The molecule has 3 rings (SSSR count). The van der Waals surface area contributed by atoms with Crippen molar-refractivity contribution in [2.45, 2.75) is 0 Å². The molecule has 0 atom stereocenters. The number of hydrogen-bond donors (Lipinski definition) is 1. The van der Waals surface area contributed by atoms with Crippen molar-refractivity contribution in [3.8, 4) is 0 Å². The monoisotopic (exact) mass is 220 g/mol. The Hall–Kier alpha value is -1.13. The molecule has 3 nitrogen and oxygen atoms in total. The minimum Gasteiger partial charge on any atom is -0.396 e. The summed E-state index contributed by atoms with van der Waals surface area (Å²) >= 11 is 1.55. The minimum atomic E-state index is 0.290. The third-order valence-corrected chi connectivity index (χ3v) is 3.69. The zero-order valence-corrected chi connectivity index (χ0v) is 9.07. The first-order valence-corrected chi connectivity index (χ1v) is 5.86. The van der Waals surface area contributed by atoms with Gasteiger partial charge >= 0.3 is 0 Å². The van der Waals surface area contributed by atoms with E-state index in [0.29, 0.717) is 12.5 Å². The van der Waals surface area contributed by atoms with Crippen LogP contribution in [0.5, 0.6) is 0 Å². The van der Waals surface area contributed by atoms with Crippen LogP contribution in [0.25, 0.3) is 10.1 Å². The molecule has 0 spiro atoms. The predicted octanol–water partition coefficient (Wildman–Crippen LogP) is 1.72. The van der Waals surface area contributed by atoms with Crippen LogP contribution >= 0.6 is 11.5 Å². The summed E-state index contributed by atoms with van der Waals surface area (Å²) in [5.41, 5.74) is 0. The van der Waals surface area contributed by atoms with Gasteiger partial charge in [0.05, 0.1) is 4.70 Å². The summed E-state index contributed by atoms with van der Waals surface area (Å²) in [6, 6.07) is 8.29. The van der Waals surface area contributed by atoms with Crippen molar-refractivity contribution >= 4 is 27.4 Å². The molecule has 0 radical (unpaired) electrons. The molecule has 1 aromatic carbocycles. The third kappa shape index (κ3) is 1.41. The molecule has 2 aromatic rings. The van der Waals surface area contributed by atoms with E-state index < -0.39 is 0 Å². The number of benzene rings is 1. The van der Waals surface area contributed by atoms with Crippen molar-refractivity contribution in [1.29, 1.82) is 0 Å². The predicted molar refractivity (Wildman–Crippen MR) is 62.4 cm³/mol. The Morgan fingerprint density at radius 3 is 3.00 bits per heavy atom. The summed E-state index contributed by atoms with van der Waals surface area (Å²) in [4.78, 5) is 2.24. The molecule has 4 heteroatoms. The highest BCUT2D eigenvalue weighted by atomic mass is 32.1. The van der Waals surface area contributed by atoms with Crippen molar-refractivity contribution in [3.05, 3.63) is 24.3 Å². The maximum absolute atomic E-state index is 8.97. The third-order valence-electron chi connectivity index (χ3n) is 2.87. The van der Waals surface area contributed by atoms with Gasteiger partial charge in [0.1, 0.15) is 5.82 Å². The topological polar surface area (TPSA) is 36.4 Å². The van der Waals surface area contributed by atoms with Crippen molar-refractivity contribution in [2.24, 2.45) is 5.92 Å². The quantitative estimate of drug-likeness (QED) is 0.837. The summed E-state index contributed by atoms with van der Waals surface area (Å²) in [5, 5.41) is 10.2. The van der Waals surface area contributed by atoms with Gasteiger partial charge in [-0.25, -0.2) is 0 Å². The van der Waals surface area contributed by atoms with Crippen LogP contribution in [0, 0.1) is 5.92 Å². The number of aromatic nitrogens is 1. The fourth-order valence-corrected chi connectivity index (χ4v) is 2.75. The van der Waals surface area contributed by atoms with Gasteiger partial charge in [0, 0.05) is 31.0 Å². The Labute approximate surface area is 92.1 Å². The molecule has 1 fully saturated rings. The van der Waals surface area contributed by atoms with Gasteiger partial charge in [0.15, 0.2) is 0 Å². The second kappa shape index (κ2) is 3.47. The summed E-state index contributed by atoms with van der Waals surface area (Å²) in [7, 11) is 0. The number of aliphatic hydroxyl groups excluding tert-OH is 1. The van der Waals surface area contributed by atoms with Gasteiger partial charge in [-0.05, 0) is 23.7 Å². The number of rotatable bonds is 2. The van der Waals surface area contributed by atoms with Crippen molar-refractivity contribution < 1.29 is 5.11 Å². The van der Waals surface area contributed by atoms with Crippen LogP contribution in [-0.2, 0) is 0 Å². The van der Waals surface area contributed by atoms with Gasteiger partial charge in [0.2, 0.25) is 0 Å². The Balaban J connectivity index is 1.92. The van der Waals surface area contributed by atoms with Crippen molar-refractivity contribution in [3.63, 3.8) is 0 Å². The summed E-state index contributed by atoms with van der Waals surface area (Å²) < 4.78 is 5.71. The number of anilines is 1. The van der Waals surface area contributed by atoms with E-state index in [2.05, 4.69) is 21.4 Å². The first-order chi connectivity index (χ1) is 7.38. The number of hydrogen-bond acceptors (Lipinski definition) is 4. The zero-order valence-electron chi connectivity index (χ0n) is 8.26. The first kappa shape index (κ1) is 9.12. The highest BCUT2D eigenvalue weighted by molar-refractivity contribution is 7.13. The largest absolute Gasteiger partial charge is 0.396 e. The smallest absolute Gasteiger partial charge is 0.150 e. The molecule has 1 aromatic heterocycles. The Morgan fingerprint density at radius 1 is 1.40 bits per heavy atom. The lowest BCUT2D eigenvalue weighted by atomic mass is 10.0. The molecule has 0 unspecified atom stereocenters. The van der Waals surface area contributed by atoms with E-state index in [-0.39, 0.29) is 0 Å². The van der Waals surface area contributed by atoms with Gasteiger partial charge < -0.3 is 10.0 Å². The van der Waals surface area contributed by atoms with Crippen LogP contribution in [0.3, 0.4) is 0 Å². The lowest BCUT2D eigenvalue weighted by Crippen LogP contribution is -2.48. The van der Waals surface area contributed by atoms with Crippen LogP contribution < -0.4 is 4.90 Å². The maximum atomic E-state index is 8.97. The molecule has 2 heterocycles. The van der Waals surface area contributed by atoms with E-state index in [9.17, 15) is 0 Å². The van der Waals surface area contributed by atoms with Gasteiger partial charge in [-0.3, -0.25) is 0 Å². The van der Waals surface area contributed by atoms with E-state index in [1.807, 2.05) is 12.1 Å². The van der Waals surface area contributed by atoms with E-state index in [0.717, 1.165) is 18.9 Å². The maximum Gasteiger partial charge on any atom is 0.150 e. The molecule has 1 saturated heterocycles. The number of nitrogens with zero attached hydrogens (tertiary/aromatic N) is 2. The van der Waals surface area contributed by atoms with E-state index >= 15 is 0 Å². The lowest BCUT2D eigenvalue weighted by molar-refractivity contribution is 0.200. The van der Waals surface area contributed by atoms with Crippen LogP contribution in [0.2, 0.25) is 0 Å². The molecule has 0 bridgehead atoms. The summed E-state index contributed by atoms with van der Waals surface area (Å²) in [6.07, 6.45) is 0. The zero-order chi connectivity index (χ0) is 10.3. The van der Waals surface area contributed by atoms with Crippen molar-refractivity contribution in [1.82, 2.24) is 4.37 Å². The fourth-order valence-electron chi connectivity index (χ4n) is 1.96. The Kier molecular flexibility index (Phi) is 2.11. The summed E-state index contributed by atoms with van der Waals surface area (Å²) in [6.45, 7) is 2.16.